The van der Waals surface area contributed by atoms with Gasteiger partial charge in [0.05, 0.1) is 5.69 Å². The number of carbonyl (C=O) groups excluding carboxylic acids is 2. The van der Waals surface area contributed by atoms with Crippen LogP contribution in [0.5, 0.6) is 0 Å². The predicted molar refractivity (Wildman–Crippen MR) is 75.8 cm³/mol. The maximum atomic E-state index is 12.5. The molecule has 0 radical (unpaired) electrons. The molecule has 0 saturated heterocycles. The summed E-state index contributed by atoms with van der Waals surface area (Å²) in [6.07, 6.45) is 0.406. The van der Waals surface area contributed by atoms with Gasteiger partial charge in [0.1, 0.15) is 0 Å². The number of aryl methyl sites for hydroxylation is 1. The van der Waals surface area contributed by atoms with Crippen molar-refractivity contribution in [2.75, 3.05) is 24.5 Å². The highest BCUT2D eigenvalue weighted by Gasteiger charge is 2.30. The zero-order valence-corrected chi connectivity index (χ0v) is 11.8. The van der Waals surface area contributed by atoms with Gasteiger partial charge in [-0.25, -0.2) is 4.79 Å². The molecule has 1 aliphatic heterocycles. The maximum absolute atomic E-state index is 12.5. The number of hydrogen-bond donors (Lipinski definition) is 0. The summed E-state index contributed by atoms with van der Waals surface area (Å²) in [4.78, 5) is 28.0. The number of Topliss-reactive ketones (excluding diaryl/α,β-unsaturated/α-hetero) is 1. The van der Waals surface area contributed by atoms with Crippen molar-refractivity contribution in [2.45, 2.75) is 27.2 Å². The molecule has 0 atom stereocenters. The molecule has 1 aromatic rings. The second kappa shape index (κ2) is 5.43. The highest BCUT2D eigenvalue weighted by atomic mass is 16.2. The summed E-state index contributed by atoms with van der Waals surface area (Å²) in [5.41, 5.74) is 2.44. The van der Waals surface area contributed by atoms with Crippen LogP contribution in [0, 0.1) is 6.92 Å². The average Bonchev–Trinajstić information content (AvgIpc) is 2.41. The fourth-order valence-electron chi connectivity index (χ4n) is 2.56. The molecule has 102 valence electrons. The number of fused-ring (bicyclic) bond motifs is 1. The van der Waals surface area contributed by atoms with E-state index in [0.29, 0.717) is 31.6 Å². The summed E-state index contributed by atoms with van der Waals surface area (Å²) in [7, 11) is 0. The van der Waals surface area contributed by atoms with Gasteiger partial charge in [-0.05, 0) is 32.4 Å². The number of anilines is 1. The molecule has 4 heteroatoms. The third kappa shape index (κ3) is 2.35. The van der Waals surface area contributed by atoms with Crippen molar-refractivity contribution in [2.24, 2.45) is 0 Å². The molecule has 1 aromatic carbocycles. The molecule has 0 saturated carbocycles. The maximum Gasteiger partial charge on any atom is 0.324 e. The number of carbonyl (C=O) groups is 2. The largest absolute Gasteiger partial charge is 0.325 e. The van der Waals surface area contributed by atoms with Crippen molar-refractivity contribution in [1.29, 1.82) is 0 Å². The van der Waals surface area contributed by atoms with E-state index in [9.17, 15) is 9.59 Å². The van der Waals surface area contributed by atoms with Crippen LogP contribution < -0.4 is 4.90 Å². The first kappa shape index (κ1) is 13.6. The molecular formula is C15H20N2O2. The van der Waals surface area contributed by atoms with E-state index >= 15 is 0 Å². The van der Waals surface area contributed by atoms with Crippen molar-refractivity contribution in [1.82, 2.24) is 4.90 Å². The summed E-state index contributed by atoms with van der Waals surface area (Å²) in [6.45, 7) is 7.72. The number of para-hydroxylation sites is 1. The smallest absolute Gasteiger partial charge is 0.324 e. The van der Waals surface area contributed by atoms with Gasteiger partial charge in [-0.15, -0.1) is 0 Å². The van der Waals surface area contributed by atoms with Crippen LogP contribution in [0.2, 0.25) is 0 Å². The number of nitrogens with zero attached hydrogens (tertiary/aromatic N) is 2. The van der Waals surface area contributed by atoms with E-state index in [4.69, 9.17) is 0 Å². The molecule has 0 spiro atoms. The van der Waals surface area contributed by atoms with E-state index < -0.39 is 0 Å². The Hall–Kier alpha value is -1.84. The Morgan fingerprint density at radius 1 is 1.32 bits per heavy atom. The summed E-state index contributed by atoms with van der Waals surface area (Å²) >= 11 is 0. The first-order valence-corrected chi connectivity index (χ1v) is 6.79. The fourth-order valence-corrected chi connectivity index (χ4v) is 2.56. The molecule has 0 unspecified atom stereocenters. The Labute approximate surface area is 114 Å². The quantitative estimate of drug-likeness (QED) is 0.820. The number of urea groups is 1. The Kier molecular flexibility index (Phi) is 3.88. The zero-order chi connectivity index (χ0) is 14.0. The van der Waals surface area contributed by atoms with Crippen LogP contribution in [-0.4, -0.2) is 36.3 Å². The van der Waals surface area contributed by atoms with Crippen molar-refractivity contribution in [3.63, 3.8) is 0 Å². The van der Waals surface area contributed by atoms with Gasteiger partial charge < -0.3 is 4.90 Å². The molecule has 0 fully saturated rings. The van der Waals surface area contributed by atoms with Crippen LogP contribution in [0.3, 0.4) is 0 Å². The minimum Gasteiger partial charge on any atom is -0.325 e. The Morgan fingerprint density at radius 2 is 2.00 bits per heavy atom. The van der Waals surface area contributed by atoms with E-state index in [1.165, 1.54) is 0 Å². The van der Waals surface area contributed by atoms with Gasteiger partial charge in [0.15, 0.2) is 5.78 Å². The first-order valence-electron chi connectivity index (χ1n) is 6.79. The normalized spacial score (nSPS) is 14.3. The van der Waals surface area contributed by atoms with Gasteiger partial charge >= 0.3 is 6.03 Å². The molecule has 2 amide bonds. The predicted octanol–water partition coefficient (Wildman–Crippen LogP) is 2.85. The van der Waals surface area contributed by atoms with Crippen LogP contribution in [-0.2, 0) is 0 Å². The lowest BCUT2D eigenvalue weighted by atomic mass is 9.97. The highest BCUT2D eigenvalue weighted by Crippen LogP contribution is 2.31. The minimum atomic E-state index is -0.00644. The number of rotatable bonds is 2. The van der Waals surface area contributed by atoms with Gasteiger partial charge in [0.2, 0.25) is 0 Å². The summed E-state index contributed by atoms with van der Waals surface area (Å²) in [5, 5.41) is 0. The van der Waals surface area contributed by atoms with Crippen molar-refractivity contribution < 1.29 is 9.59 Å². The lowest BCUT2D eigenvalue weighted by molar-refractivity contribution is 0.0980. The minimum absolute atomic E-state index is 0.00644. The number of hydrogen-bond acceptors (Lipinski definition) is 2. The molecule has 1 aliphatic rings. The molecule has 4 nitrogen and oxygen atoms in total. The Bertz CT molecular complexity index is 507. The molecule has 19 heavy (non-hydrogen) atoms. The van der Waals surface area contributed by atoms with Crippen LogP contribution in [0.25, 0.3) is 0 Å². The zero-order valence-electron chi connectivity index (χ0n) is 11.8. The van der Waals surface area contributed by atoms with E-state index in [-0.39, 0.29) is 11.8 Å². The highest BCUT2D eigenvalue weighted by molar-refractivity contribution is 6.09. The third-order valence-electron chi connectivity index (χ3n) is 3.64. The molecule has 2 rings (SSSR count). The third-order valence-corrected chi connectivity index (χ3v) is 3.64. The average molecular weight is 260 g/mol. The summed E-state index contributed by atoms with van der Waals surface area (Å²) < 4.78 is 0. The molecule has 1 heterocycles. The van der Waals surface area contributed by atoms with Gasteiger partial charge in [0.25, 0.3) is 0 Å². The van der Waals surface area contributed by atoms with E-state index in [2.05, 4.69) is 0 Å². The number of benzene rings is 1. The molecule has 0 aliphatic carbocycles. The van der Waals surface area contributed by atoms with Crippen LogP contribution in [0.4, 0.5) is 10.5 Å². The second-order valence-electron chi connectivity index (χ2n) is 4.75. The fraction of sp³-hybridized carbons (Fsp3) is 0.467. The monoisotopic (exact) mass is 260 g/mol. The molecular weight excluding hydrogens is 240 g/mol. The van der Waals surface area contributed by atoms with Gasteiger partial charge in [-0.2, -0.15) is 0 Å². The molecule has 0 bridgehead atoms. The van der Waals surface area contributed by atoms with Gasteiger partial charge in [-0.3, -0.25) is 9.69 Å². The second-order valence-corrected chi connectivity index (χ2v) is 4.75. The topological polar surface area (TPSA) is 40.6 Å². The van der Waals surface area contributed by atoms with E-state index in [0.717, 1.165) is 11.3 Å². The van der Waals surface area contributed by atoms with Crippen molar-refractivity contribution >= 4 is 17.5 Å². The number of amides is 2. The molecule has 0 N–H and O–H groups in total. The number of ketones is 1. The standard InChI is InChI=1S/C15H20N2O2/c1-4-16(5-2)15(19)17-10-9-13(18)12-8-6-7-11(3)14(12)17/h6-8H,4-5,9-10H2,1-3H3. The van der Waals surface area contributed by atoms with Crippen LogP contribution >= 0.6 is 0 Å². The Morgan fingerprint density at radius 3 is 2.63 bits per heavy atom. The van der Waals surface area contributed by atoms with Crippen molar-refractivity contribution in [3.8, 4) is 0 Å². The van der Waals surface area contributed by atoms with Crippen molar-refractivity contribution in [3.05, 3.63) is 29.3 Å². The lowest BCUT2D eigenvalue weighted by Crippen LogP contribution is -2.46. The molecule has 0 aromatic heterocycles. The lowest BCUT2D eigenvalue weighted by Gasteiger charge is -2.34. The van der Waals surface area contributed by atoms with Gasteiger partial charge in [-0.1, -0.05) is 12.1 Å². The van der Waals surface area contributed by atoms with E-state index in [1.54, 1.807) is 9.80 Å². The van der Waals surface area contributed by atoms with Crippen LogP contribution in [0.1, 0.15) is 36.2 Å². The Balaban J connectivity index is 2.43. The first-order chi connectivity index (χ1) is 9.10. The van der Waals surface area contributed by atoms with Gasteiger partial charge in [0, 0.05) is 31.6 Å². The van der Waals surface area contributed by atoms with Crippen LogP contribution in [0.15, 0.2) is 18.2 Å². The summed E-state index contributed by atoms with van der Waals surface area (Å²) in [6, 6.07) is 5.62. The summed E-state index contributed by atoms with van der Waals surface area (Å²) in [5.74, 6) is 0.127. The SMILES string of the molecule is CCN(CC)C(=O)N1CCC(=O)c2cccc(C)c21. The van der Waals surface area contributed by atoms with E-state index in [1.807, 2.05) is 39.0 Å².